The Balaban J connectivity index is 2.87. The first-order valence-electron chi connectivity index (χ1n) is 3.55. The highest BCUT2D eigenvalue weighted by atomic mass is 15.1. The van der Waals surface area contributed by atoms with Gasteiger partial charge in [0.2, 0.25) is 0 Å². The summed E-state index contributed by atoms with van der Waals surface area (Å²) in [6.45, 7) is 1.91. The average molecular weight is 134 g/mol. The highest BCUT2D eigenvalue weighted by Crippen LogP contribution is 2.09. The number of aromatic amines is 1. The quantitative estimate of drug-likeness (QED) is 0.589. The van der Waals surface area contributed by atoms with Crippen LogP contribution in [0.5, 0.6) is 0 Å². The van der Waals surface area contributed by atoms with Crippen molar-refractivity contribution in [1.82, 2.24) is 15.2 Å². The van der Waals surface area contributed by atoms with Crippen LogP contribution in [0, 0.1) is 6.92 Å². The topological polar surface area (TPSA) is 41.6 Å². The van der Waals surface area contributed by atoms with E-state index in [1.807, 2.05) is 6.92 Å². The Kier molecular flexibility index (Phi) is 0.799. The summed E-state index contributed by atoms with van der Waals surface area (Å²) in [5.41, 5.74) is 1.64. The third-order valence-corrected chi connectivity index (χ3v) is 1.46. The third-order valence-electron chi connectivity index (χ3n) is 1.46. The number of hydrogen-bond donors (Lipinski definition) is 1. The smallest absolute Gasteiger partial charge is 0.181 e. The molecule has 0 aliphatic rings. The van der Waals surface area contributed by atoms with Gasteiger partial charge in [-0.1, -0.05) is 0 Å². The Labute approximate surface area is 59.5 Å². The van der Waals surface area contributed by atoms with Gasteiger partial charge < -0.3 is 0 Å². The molecule has 1 N–H and O–H groups in total. The molecular weight excluding hydrogens is 126 g/mol. The molecule has 0 amide bonds. The first kappa shape index (κ1) is 4.44. The fraction of sp³-hybridized carbons (Fsp3) is 0.143. The van der Waals surface area contributed by atoms with Crippen LogP contribution in [0.3, 0.4) is 0 Å². The Hall–Kier alpha value is -1.38. The van der Waals surface area contributed by atoms with Crippen LogP contribution in [-0.4, -0.2) is 15.2 Å². The molecule has 0 atom stereocenters. The van der Waals surface area contributed by atoms with E-state index in [1.165, 1.54) is 6.20 Å². The number of nitrogens with zero attached hydrogens (tertiary/aromatic N) is 2. The van der Waals surface area contributed by atoms with Crippen LogP contribution in [0.2, 0.25) is 0 Å². The molecule has 0 aromatic carbocycles. The Morgan fingerprint density at radius 3 is 3.50 bits per heavy atom. The van der Waals surface area contributed by atoms with Crippen molar-refractivity contribution < 1.29 is 1.37 Å². The van der Waals surface area contributed by atoms with Gasteiger partial charge in [0.15, 0.2) is 5.65 Å². The second-order valence-corrected chi connectivity index (χ2v) is 2.16. The fourth-order valence-corrected chi connectivity index (χ4v) is 0.915. The van der Waals surface area contributed by atoms with Crippen molar-refractivity contribution in [1.29, 1.82) is 0 Å². The predicted octanol–water partition coefficient (Wildman–Crippen LogP) is 1.27. The number of hydrogen-bond acceptors (Lipinski definition) is 2. The van der Waals surface area contributed by atoms with Gasteiger partial charge in [0, 0.05) is 17.3 Å². The third kappa shape index (κ3) is 0.603. The second kappa shape index (κ2) is 1.80. The molecule has 0 saturated heterocycles. The van der Waals surface area contributed by atoms with E-state index in [0.717, 1.165) is 11.1 Å². The predicted molar refractivity (Wildman–Crippen MR) is 38.6 cm³/mol. The molecule has 0 unspecified atom stereocenters. The lowest BCUT2D eigenvalue weighted by Gasteiger charge is -1.83. The molecule has 2 heterocycles. The van der Waals surface area contributed by atoms with E-state index in [2.05, 4.69) is 15.2 Å². The van der Waals surface area contributed by atoms with Crippen molar-refractivity contribution in [3.05, 3.63) is 24.0 Å². The van der Waals surface area contributed by atoms with Gasteiger partial charge in [-0.25, -0.2) is 4.98 Å². The van der Waals surface area contributed by atoms with Crippen molar-refractivity contribution in [2.24, 2.45) is 0 Å². The maximum Gasteiger partial charge on any atom is 0.181 e. The van der Waals surface area contributed by atoms with Crippen LogP contribution in [0.25, 0.3) is 11.0 Å². The summed E-state index contributed by atoms with van der Waals surface area (Å²) in [6, 6.07) is 2.17. The van der Waals surface area contributed by atoms with Crippen LogP contribution >= 0.6 is 0 Å². The van der Waals surface area contributed by atoms with Crippen LogP contribution in [0.4, 0.5) is 0 Å². The highest BCUT2D eigenvalue weighted by molar-refractivity contribution is 5.76. The number of aromatic nitrogens is 3. The van der Waals surface area contributed by atoms with Gasteiger partial charge in [-0.2, -0.15) is 5.10 Å². The van der Waals surface area contributed by atoms with Crippen molar-refractivity contribution >= 4 is 11.0 Å². The number of aryl methyl sites for hydroxylation is 1. The van der Waals surface area contributed by atoms with Gasteiger partial charge in [0.1, 0.15) is 0 Å². The summed E-state index contributed by atoms with van der Waals surface area (Å²) >= 11 is 0. The van der Waals surface area contributed by atoms with Gasteiger partial charge in [-0.15, -0.1) is 0 Å². The number of nitrogens with one attached hydrogen (secondary N) is 1. The zero-order chi connectivity index (χ0) is 7.84. The summed E-state index contributed by atoms with van der Waals surface area (Å²) in [5, 5.41) is 7.68. The number of H-pyrrole nitrogens is 1. The van der Waals surface area contributed by atoms with E-state index in [1.54, 1.807) is 6.07 Å². The summed E-state index contributed by atoms with van der Waals surface area (Å²) in [5.74, 6) is 0. The van der Waals surface area contributed by atoms with Gasteiger partial charge >= 0.3 is 0 Å². The Morgan fingerprint density at radius 1 is 1.70 bits per heavy atom. The summed E-state index contributed by atoms with van der Waals surface area (Å²) in [7, 11) is 0. The molecule has 2 rings (SSSR count). The van der Waals surface area contributed by atoms with E-state index in [0.29, 0.717) is 11.7 Å². The number of pyridine rings is 1. The molecule has 0 aliphatic carbocycles. The highest BCUT2D eigenvalue weighted by Gasteiger charge is 1.97. The van der Waals surface area contributed by atoms with Gasteiger partial charge in [-0.3, -0.25) is 5.10 Å². The maximum absolute atomic E-state index is 7.31. The monoisotopic (exact) mass is 134 g/mol. The zero-order valence-corrected chi connectivity index (χ0v) is 5.55. The van der Waals surface area contributed by atoms with Gasteiger partial charge in [-0.05, 0) is 19.0 Å². The van der Waals surface area contributed by atoms with E-state index in [9.17, 15) is 0 Å². The Morgan fingerprint density at radius 2 is 2.60 bits per heavy atom. The summed E-state index contributed by atoms with van der Waals surface area (Å²) in [4.78, 5) is 3.97. The van der Waals surface area contributed by atoms with E-state index in [4.69, 9.17) is 1.37 Å². The zero-order valence-electron chi connectivity index (χ0n) is 6.55. The molecule has 0 saturated carbocycles. The van der Waals surface area contributed by atoms with Crippen molar-refractivity contribution in [2.75, 3.05) is 0 Å². The maximum atomic E-state index is 7.31. The lowest BCUT2D eigenvalue weighted by atomic mass is 10.3. The van der Waals surface area contributed by atoms with Crippen LogP contribution < -0.4 is 0 Å². The summed E-state index contributed by atoms with van der Waals surface area (Å²) < 4.78 is 7.31. The lowest BCUT2D eigenvalue weighted by molar-refractivity contribution is 1.05. The van der Waals surface area contributed by atoms with E-state index < -0.39 is 0 Å². The molecule has 0 radical (unpaired) electrons. The number of fused-ring (bicyclic) bond motifs is 1. The molecule has 3 nitrogen and oxygen atoms in total. The number of rotatable bonds is 0. The molecule has 0 fully saturated rings. The fourth-order valence-electron chi connectivity index (χ4n) is 0.915. The molecule has 0 bridgehead atoms. The SMILES string of the molecule is [2H]c1cnc2n[nH]c(C)c2c1. The minimum Gasteiger partial charge on any atom is -0.280 e. The van der Waals surface area contributed by atoms with Gasteiger partial charge in [0.25, 0.3) is 0 Å². The minimum absolute atomic E-state index is 0.419. The second-order valence-electron chi connectivity index (χ2n) is 2.16. The normalized spacial score (nSPS) is 11.9. The molecule has 0 spiro atoms. The first-order valence-corrected chi connectivity index (χ1v) is 3.05. The van der Waals surface area contributed by atoms with Crippen molar-refractivity contribution in [2.45, 2.75) is 6.92 Å². The molecule has 0 aliphatic heterocycles. The Bertz CT molecular complexity index is 393. The summed E-state index contributed by atoms with van der Waals surface area (Å²) in [6.07, 6.45) is 1.49. The van der Waals surface area contributed by atoms with E-state index >= 15 is 0 Å². The standard InChI is InChI=1S/C7H7N3/c1-5-6-3-2-4-8-7(6)10-9-5/h2-4H,1H3,(H,8,9,10)/i2D. The van der Waals surface area contributed by atoms with Crippen LogP contribution in [0.1, 0.15) is 7.06 Å². The first-order chi connectivity index (χ1) is 5.27. The molecule has 50 valence electrons. The molecule has 2 aromatic heterocycles. The average Bonchev–Trinajstić information content (AvgIpc) is 2.33. The minimum atomic E-state index is 0.419. The lowest BCUT2D eigenvalue weighted by Crippen LogP contribution is -1.72. The largest absolute Gasteiger partial charge is 0.280 e. The van der Waals surface area contributed by atoms with Crippen LogP contribution in [-0.2, 0) is 0 Å². The molecular formula is C7H7N3. The van der Waals surface area contributed by atoms with E-state index in [-0.39, 0.29) is 0 Å². The molecule has 10 heavy (non-hydrogen) atoms. The van der Waals surface area contributed by atoms with Crippen molar-refractivity contribution in [3.8, 4) is 0 Å². The van der Waals surface area contributed by atoms with Gasteiger partial charge in [0.05, 0.1) is 1.37 Å². The molecule has 2 aromatic rings. The molecule has 3 heteroatoms. The van der Waals surface area contributed by atoms with Crippen molar-refractivity contribution in [3.63, 3.8) is 0 Å². The van der Waals surface area contributed by atoms with Crippen LogP contribution in [0.15, 0.2) is 18.3 Å².